The SMILES string of the molecule is [2H]C1([2H])C([2H])([2H])C([2H])([2H])C([2H])(OC)C([2H])(OC)C1([2H])[2H]. The molecule has 0 heterocycles. The molecule has 0 bridgehead atoms. The average Bonchev–Trinajstić information content (AvgIpc) is 2.34. The minimum Gasteiger partial charge on any atom is -0.379 e. The highest BCUT2D eigenvalue weighted by Crippen LogP contribution is 2.22. The Morgan fingerprint density at radius 3 is 1.90 bits per heavy atom. The van der Waals surface area contributed by atoms with E-state index in [0.717, 1.165) is 14.2 Å². The second-order valence-electron chi connectivity index (χ2n) is 1.57. The summed E-state index contributed by atoms with van der Waals surface area (Å²) in [6.45, 7) is 0. The van der Waals surface area contributed by atoms with E-state index in [4.69, 9.17) is 13.7 Å². The third-order valence-corrected chi connectivity index (χ3v) is 1.03. The lowest BCUT2D eigenvalue weighted by Crippen LogP contribution is -2.32. The summed E-state index contributed by atoms with van der Waals surface area (Å²) < 4.78 is 86.6. The van der Waals surface area contributed by atoms with Crippen molar-refractivity contribution in [2.75, 3.05) is 14.2 Å². The van der Waals surface area contributed by atoms with Crippen LogP contribution in [0.25, 0.3) is 0 Å². The lowest BCUT2D eigenvalue weighted by atomic mass is 9.95. The summed E-state index contributed by atoms with van der Waals surface area (Å²) in [5.41, 5.74) is 0. The van der Waals surface area contributed by atoms with Gasteiger partial charge in [0.2, 0.25) is 0 Å². The van der Waals surface area contributed by atoms with Gasteiger partial charge in [-0.3, -0.25) is 0 Å². The van der Waals surface area contributed by atoms with E-state index < -0.39 is 37.7 Å². The molecule has 2 nitrogen and oxygen atoms in total. The molecular weight excluding hydrogens is 128 g/mol. The fraction of sp³-hybridized carbons (Fsp3) is 1.00. The zero-order valence-corrected chi connectivity index (χ0v) is 5.82. The maximum Gasteiger partial charge on any atom is 0.0832 e. The molecule has 0 spiro atoms. The molecule has 1 fully saturated rings. The van der Waals surface area contributed by atoms with E-state index in [0.29, 0.717) is 0 Å². The Balaban J connectivity index is 3.82. The first-order chi connectivity index (χ1) is 8.62. The van der Waals surface area contributed by atoms with Crippen LogP contribution in [-0.2, 0) is 9.47 Å². The quantitative estimate of drug-likeness (QED) is 0.601. The van der Waals surface area contributed by atoms with Crippen LogP contribution in [0.2, 0.25) is 0 Å². The first kappa shape index (κ1) is 1.99. The van der Waals surface area contributed by atoms with Gasteiger partial charge in [-0.05, 0) is 12.7 Å². The van der Waals surface area contributed by atoms with Gasteiger partial charge in [0.1, 0.15) is 0 Å². The predicted molar refractivity (Wildman–Crippen MR) is 40.1 cm³/mol. The van der Waals surface area contributed by atoms with Crippen LogP contribution in [0.5, 0.6) is 0 Å². The van der Waals surface area contributed by atoms with Gasteiger partial charge in [0.25, 0.3) is 0 Å². The molecule has 2 unspecified atom stereocenters. The van der Waals surface area contributed by atoms with Gasteiger partial charge >= 0.3 is 0 Å². The molecule has 0 aromatic heterocycles. The van der Waals surface area contributed by atoms with Crippen LogP contribution < -0.4 is 0 Å². The van der Waals surface area contributed by atoms with Crippen LogP contribution in [0.3, 0.4) is 0 Å². The Labute approximate surface area is 76.6 Å². The molecule has 0 N–H and O–H groups in total. The highest BCUT2D eigenvalue weighted by molar-refractivity contribution is 4.75. The van der Waals surface area contributed by atoms with E-state index in [2.05, 4.69) is 9.47 Å². The lowest BCUT2D eigenvalue weighted by molar-refractivity contribution is -0.0577. The molecule has 1 aliphatic rings. The number of ether oxygens (including phenoxy) is 2. The Kier molecular flexibility index (Phi) is 0.783. The molecule has 0 saturated heterocycles. The fourth-order valence-corrected chi connectivity index (χ4v) is 0.577. The maximum atomic E-state index is 7.96. The van der Waals surface area contributed by atoms with Gasteiger partial charge in [0.05, 0.1) is 14.9 Å². The summed E-state index contributed by atoms with van der Waals surface area (Å²) in [4.78, 5) is 0. The van der Waals surface area contributed by atoms with Crippen LogP contribution in [0.1, 0.15) is 39.2 Å². The van der Waals surface area contributed by atoms with Crippen molar-refractivity contribution in [1.29, 1.82) is 0 Å². The summed E-state index contributed by atoms with van der Waals surface area (Å²) in [5, 5.41) is 0. The first-order valence-corrected chi connectivity index (χ1v) is 2.72. The molecular formula is C8H16O2. The number of hydrogen-bond acceptors (Lipinski definition) is 2. The summed E-state index contributed by atoms with van der Waals surface area (Å²) >= 11 is 0. The van der Waals surface area contributed by atoms with Crippen LogP contribution in [-0.4, -0.2) is 26.4 Å². The number of methoxy groups -OCH3 is 2. The smallest absolute Gasteiger partial charge is 0.0832 e. The summed E-state index contributed by atoms with van der Waals surface area (Å²) in [6.07, 6.45) is -19.8. The van der Waals surface area contributed by atoms with E-state index >= 15 is 0 Å². The molecule has 10 heavy (non-hydrogen) atoms. The van der Waals surface area contributed by atoms with Gasteiger partial charge in [-0.25, -0.2) is 0 Å². The second kappa shape index (κ2) is 3.94. The van der Waals surface area contributed by atoms with Crippen molar-refractivity contribution in [1.82, 2.24) is 0 Å². The van der Waals surface area contributed by atoms with Gasteiger partial charge in [0.15, 0.2) is 0 Å². The number of hydrogen-bond donors (Lipinski definition) is 0. The molecule has 0 amide bonds. The molecule has 1 saturated carbocycles. The third-order valence-electron chi connectivity index (χ3n) is 1.03. The van der Waals surface area contributed by atoms with Crippen molar-refractivity contribution in [3.8, 4) is 0 Å². The largest absolute Gasteiger partial charge is 0.379 e. The van der Waals surface area contributed by atoms with E-state index in [1.54, 1.807) is 0 Å². The lowest BCUT2D eigenvalue weighted by Gasteiger charge is -2.28. The maximum absolute atomic E-state index is 7.96. The average molecular weight is 154 g/mol. The van der Waals surface area contributed by atoms with Crippen LogP contribution in [0.15, 0.2) is 0 Å². The normalized spacial score (nSPS) is 83.8. The molecule has 2 atom stereocenters. The van der Waals surface area contributed by atoms with Gasteiger partial charge < -0.3 is 9.47 Å². The van der Waals surface area contributed by atoms with Crippen molar-refractivity contribution in [3.63, 3.8) is 0 Å². The topological polar surface area (TPSA) is 18.5 Å². The fourth-order valence-electron chi connectivity index (χ4n) is 0.577. The van der Waals surface area contributed by atoms with Crippen molar-refractivity contribution < 1.29 is 23.2 Å². The predicted octanol–water partition coefficient (Wildman–Crippen LogP) is 1.59. The highest BCUT2D eigenvalue weighted by atomic mass is 16.5. The highest BCUT2D eigenvalue weighted by Gasteiger charge is 2.23. The van der Waals surface area contributed by atoms with Crippen LogP contribution in [0.4, 0.5) is 0 Å². The van der Waals surface area contributed by atoms with Gasteiger partial charge in [0, 0.05) is 25.2 Å². The molecule has 1 aliphatic carbocycles. The second-order valence-corrected chi connectivity index (χ2v) is 1.57. The van der Waals surface area contributed by atoms with Crippen molar-refractivity contribution in [2.24, 2.45) is 0 Å². The monoisotopic (exact) mass is 154 g/mol. The molecule has 60 valence electrons. The molecule has 0 aromatic carbocycles. The van der Waals surface area contributed by atoms with Crippen molar-refractivity contribution in [2.45, 2.75) is 37.7 Å². The zero-order valence-electron chi connectivity index (χ0n) is 15.8. The van der Waals surface area contributed by atoms with E-state index in [-0.39, 0.29) is 0 Å². The van der Waals surface area contributed by atoms with Gasteiger partial charge in [-0.2, -0.15) is 0 Å². The molecule has 0 aromatic rings. The van der Waals surface area contributed by atoms with Crippen LogP contribution in [0, 0.1) is 0 Å². The summed E-state index contributed by atoms with van der Waals surface area (Å²) in [5.74, 6) is 0. The molecule has 0 aliphatic heterocycles. The van der Waals surface area contributed by atoms with Crippen LogP contribution >= 0.6 is 0 Å². The summed E-state index contributed by atoms with van der Waals surface area (Å²) in [7, 11) is 1.64. The molecule has 2 heteroatoms. The molecule has 0 radical (unpaired) electrons. The van der Waals surface area contributed by atoms with Gasteiger partial charge in [-0.15, -0.1) is 0 Å². The first-order valence-electron chi connectivity index (χ1n) is 7.72. The summed E-state index contributed by atoms with van der Waals surface area (Å²) in [6, 6.07) is 0. The van der Waals surface area contributed by atoms with Crippen molar-refractivity contribution >= 4 is 0 Å². The van der Waals surface area contributed by atoms with E-state index in [9.17, 15) is 0 Å². The number of rotatable bonds is 2. The Bertz CT molecular complexity index is 372. The Morgan fingerprint density at radius 2 is 1.60 bits per heavy atom. The minimum absolute atomic E-state index is 0.820. The zero-order chi connectivity index (χ0) is 16.4. The van der Waals surface area contributed by atoms with Gasteiger partial charge in [-0.1, -0.05) is 12.7 Å². The van der Waals surface area contributed by atoms with Crippen molar-refractivity contribution in [3.05, 3.63) is 0 Å². The Hall–Kier alpha value is -0.0800. The minimum atomic E-state index is -3.43. The Morgan fingerprint density at radius 1 is 1.20 bits per heavy atom. The third kappa shape index (κ3) is 1.70. The standard InChI is InChI=1S/C8H16O2/c1-9-7-5-3-4-6-8(7)10-2/h7-8H,3-6H2,1-2H3/i3D2,4D2,5D2,6D2,7D,8D. The molecule has 1 rings (SSSR count). The van der Waals surface area contributed by atoms with E-state index in [1.165, 1.54) is 0 Å². The van der Waals surface area contributed by atoms with E-state index in [1.807, 2.05) is 0 Å².